The second-order valence-corrected chi connectivity index (χ2v) is 8.52. The Kier molecular flexibility index (Phi) is 7.38. The van der Waals surface area contributed by atoms with Crippen molar-refractivity contribution < 1.29 is 35.9 Å². The van der Waals surface area contributed by atoms with Crippen LogP contribution in [0.5, 0.6) is 11.5 Å². The van der Waals surface area contributed by atoms with E-state index in [0.717, 1.165) is 24.3 Å². The minimum absolute atomic E-state index is 0.0327. The summed E-state index contributed by atoms with van der Waals surface area (Å²) in [6.45, 7) is 5.22. The quantitative estimate of drug-likeness (QED) is 0.318. The Morgan fingerprint density at radius 2 is 1.35 bits per heavy atom. The van der Waals surface area contributed by atoms with Crippen molar-refractivity contribution in [1.82, 2.24) is 0 Å². The molecule has 2 nitrogen and oxygen atoms in total. The summed E-state index contributed by atoms with van der Waals surface area (Å²) in [5, 5.41) is 0. The van der Waals surface area contributed by atoms with Gasteiger partial charge < -0.3 is 4.74 Å². The van der Waals surface area contributed by atoms with Crippen LogP contribution in [0.3, 0.4) is 0 Å². The van der Waals surface area contributed by atoms with E-state index >= 15 is 0 Å². The monoisotopic (exact) mass is 480 g/mol. The van der Waals surface area contributed by atoms with Gasteiger partial charge >= 0.3 is 6.18 Å². The summed E-state index contributed by atoms with van der Waals surface area (Å²) in [5.74, 6) is -3.67. The van der Waals surface area contributed by atoms with Gasteiger partial charge in [0.25, 0.3) is 0 Å². The van der Waals surface area contributed by atoms with Crippen LogP contribution in [0.15, 0.2) is 54.6 Å². The molecule has 0 saturated carbocycles. The zero-order valence-corrected chi connectivity index (χ0v) is 18.6. The van der Waals surface area contributed by atoms with E-state index in [4.69, 9.17) is 4.74 Å². The van der Waals surface area contributed by atoms with Gasteiger partial charge in [0.15, 0.2) is 0 Å². The SMILES string of the molecule is CC(=O)C(CC(C)C)c1cc(Oc2cc(F)cc(F)c2)cc(-c2cc(F)cc(C(F)(F)F)c2)c1. The van der Waals surface area contributed by atoms with Gasteiger partial charge in [0.05, 0.1) is 5.56 Å². The molecule has 3 rings (SSSR count). The van der Waals surface area contributed by atoms with Crippen LogP contribution in [0.4, 0.5) is 26.3 Å². The summed E-state index contributed by atoms with van der Waals surface area (Å²) >= 11 is 0. The zero-order valence-electron chi connectivity index (χ0n) is 18.6. The molecule has 3 aromatic rings. The maximum Gasteiger partial charge on any atom is 0.416 e. The number of carbonyl (C=O) groups excluding carboxylic acids is 1. The summed E-state index contributed by atoms with van der Waals surface area (Å²) < 4.78 is 86.7. The normalized spacial score (nSPS) is 12.6. The molecule has 1 unspecified atom stereocenters. The number of hydrogen-bond acceptors (Lipinski definition) is 2. The fourth-order valence-corrected chi connectivity index (χ4v) is 3.70. The van der Waals surface area contributed by atoms with Crippen molar-refractivity contribution in [3.63, 3.8) is 0 Å². The molecule has 0 aromatic heterocycles. The second-order valence-electron chi connectivity index (χ2n) is 8.52. The van der Waals surface area contributed by atoms with Gasteiger partial charge in [-0.15, -0.1) is 0 Å². The van der Waals surface area contributed by atoms with Gasteiger partial charge in [0.2, 0.25) is 0 Å². The van der Waals surface area contributed by atoms with Crippen LogP contribution in [-0.4, -0.2) is 5.78 Å². The highest BCUT2D eigenvalue weighted by molar-refractivity contribution is 5.84. The first-order valence-electron chi connectivity index (χ1n) is 10.5. The molecule has 0 radical (unpaired) electrons. The van der Waals surface area contributed by atoms with E-state index in [-0.39, 0.29) is 34.3 Å². The molecule has 0 aliphatic heterocycles. The molecule has 0 aliphatic rings. The van der Waals surface area contributed by atoms with E-state index in [0.29, 0.717) is 24.1 Å². The summed E-state index contributed by atoms with van der Waals surface area (Å²) in [6.07, 6.45) is -4.32. The fraction of sp³-hybridized carbons (Fsp3) is 0.269. The molecule has 180 valence electrons. The van der Waals surface area contributed by atoms with Gasteiger partial charge in [-0.05, 0) is 66.3 Å². The Hall–Kier alpha value is -3.29. The molecule has 0 fully saturated rings. The first-order chi connectivity index (χ1) is 15.8. The number of ketones is 1. The molecule has 0 N–H and O–H groups in total. The summed E-state index contributed by atoms with van der Waals surface area (Å²) in [4.78, 5) is 12.4. The molecule has 1 atom stereocenters. The molecular formula is C26H22F6O2. The first kappa shape index (κ1) is 25.3. The van der Waals surface area contributed by atoms with Crippen molar-refractivity contribution in [2.75, 3.05) is 0 Å². The number of ether oxygens (including phenoxy) is 1. The van der Waals surface area contributed by atoms with Crippen molar-refractivity contribution in [2.45, 2.75) is 39.3 Å². The summed E-state index contributed by atoms with van der Waals surface area (Å²) in [5.41, 5.74) is -0.669. The Bertz CT molecular complexity index is 1180. The van der Waals surface area contributed by atoms with E-state index in [1.165, 1.54) is 25.1 Å². The van der Waals surface area contributed by atoms with Crippen LogP contribution in [-0.2, 0) is 11.0 Å². The van der Waals surface area contributed by atoms with E-state index in [1.807, 2.05) is 13.8 Å². The van der Waals surface area contributed by atoms with Gasteiger partial charge in [0, 0.05) is 24.1 Å². The number of halogens is 6. The summed E-state index contributed by atoms with van der Waals surface area (Å²) in [7, 11) is 0. The van der Waals surface area contributed by atoms with Crippen molar-refractivity contribution in [3.8, 4) is 22.6 Å². The molecule has 0 aliphatic carbocycles. The lowest BCUT2D eigenvalue weighted by Gasteiger charge is -2.19. The lowest BCUT2D eigenvalue weighted by Crippen LogP contribution is -2.12. The average molecular weight is 480 g/mol. The second kappa shape index (κ2) is 9.91. The Morgan fingerprint density at radius 3 is 1.91 bits per heavy atom. The van der Waals surface area contributed by atoms with Crippen molar-refractivity contribution in [3.05, 3.63) is 83.2 Å². The van der Waals surface area contributed by atoms with E-state index in [9.17, 15) is 31.1 Å². The van der Waals surface area contributed by atoms with Crippen LogP contribution >= 0.6 is 0 Å². The number of Topliss-reactive ketones (excluding diaryl/α,β-unsaturated/α-hetero) is 1. The maximum atomic E-state index is 14.1. The molecule has 3 aromatic carbocycles. The van der Waals surface area contributed by atoms with E-state index < -0.39 is 35.1 Å². The van der Waals surface area contributed by atoms with Crippen LogP contribution < -0.4 is 4.74 Å². The maximum absolute atomic E-state index is 14.1. The third-order valence-electron chi connectivity index (χ3n) is 5.16. The van der Waals surface area contributed by atoms with Gasteiger partial charge in [0.1, 0.15) is 34.7 Å². The third-order valence-corrected chi connectivity index (χ3v) is 5.16. The smallest absolute Gasteiger partial charge is 0.416 e. The van der Waals surface area contributed by atoms with Crippen molar-refractivity contribution in [1.29, 1.82) is 0 Å². The predicted molar refractivity (Wildman–Crippen MR) is 116 cm³/mol. The predicted octanol–water partition coefficient (Wildman–Crippen LogP) is 8.30. The zero-order chi connectivity index (χ0) is 25.2. The number of alkyl halides is 3. The molecule has 0 heterocycles. The fourth-order valence-electron chi connectivity index (χ4n) is 3.70. The standard InChI is InChI=1S/C26H22F6O2/c1-14(2)4-25(15(3)33)18-5-16(17-6-19(26(30,31)32)10-20(27)7-17)8-23(9-18)34-24-12-21(28)11-22(29)13-24/h5-14,25H,4H2,1-3H3. The summed E-state index contributed by atoms with van der Waals surface area (Å²) in [6, 6.07) is 8.98. The third kappa shape index (κ3) is 6.40. The van der Waals surface area contributed by atoms with Crippen molar-refractivity contribution in [2.24, 2.45) is 5.92 Å². The number of hydrogen-bond donors (Lipinski definition) is 0. The molecule has 34 heavy (non-hydrogen) atoms. The minimum atomic E-state index is -4.77. The number of rotatable bonds is 7. The topological polar surface area (TPSA) is 26.3 Å². The van der Waals surface area contributed by atoms with Gasteiger partial charge in [-0.3, -0.25) is 4.79 Å². The average Bonchev–Trinajstić information content (AvgIpc) is 2.69. The number of benzene rings is 3. The molecule has 0 bridgehead atoms. The highest BCUT2D eigenvalue weighted by Crippen LogP contribution is 2.37. The van der Waals surface area contributed by atoms with Crippen LogP contribution in [0.1, 0.15) is 44.2 Å². The highest BCUT2D eigenvalue weighted by Gasteiger charge is 2.31. The van der Waals surface area contributed by atoms with Crippen LogP contribution in [0.25, 0.3) is 11.1 Å². The van der Waals surface area contributed by atoms with E-state index in [2.05, 4.69) is 0 Å². The molecule has 0 amide bonds. The molecule has 0 saturated heterocycles. The van der Waals surface area contributed by atoms with Gasteiger partial charge in [-0.25, -0.2) is 13.2 Å². The highest BCUT2D eigenvalue weighted by atomic mass is 19.4. The minimum Gasteiger partial charge on any atom is -0.457 e. The van der Waals surface area contributed by atoms with E-state index in [1.54, 1.807) is 0 Å². The Balaban J connectivity index is 2.18. The molecule has 0 spiro atoms. The Labute approximate surface area is 193 Å². The van der Waals surface area contributed by atoms with Crippen LogP contribution in [0, 0.1) is 23.4 Å². The van der Waals surface area contributed by atoms with Gasteiger partial charge in [-0.2, -0.15) is 13.2 Å². The van der Waals surface area contributed by atoms with Crippen LogP contribution in [0.2, 0.25) is 0 Å². The molecule has 8 heteroatoms. The van der Waals surface area contributed by atoms with Crippen molar-refractivity contribution >= 4 is 5.78 Å². The lowest BCUT2D eigenvalue weighted by atomic mass is 9.86. The Morgan fingerprint density at radius 1 is 0.794 bits per heavy atom. The van der Waals surface area contributed by atoms with Gasteiger partial charge in [-0.1, -0.05) is 19.9 Å². The first-order valence-corrected chi connectivity index (χ1v) is 10.5. The largest absolute Gasteiger partial charge is 0.457 e. The number of carbonyl (C=O) groups is 1. The lowest BCUT2D eigenvalue weighted by molar-refractivity contribution is -0.137. The molecular weight excluding hydrogens is 458 g/mol.